The molecule has 1 amide bonds. The van der Waals surface area contributed by atoms with Crippen LogP contribution >= 0.6 is 35.1 Å². The highest BCUT2D eigenvalue weighted by atomic mass is 35.5. The Bertz CT molecular complexity index is 1540. The van der Waals surface area contributed by atoms with Crippen molar-refractivity contribution in [3.8, 4) is 5.69 Å². The van der Waals surface area contributed by atoms with Crippen LogP contribution in [0.4, 0.5) is 14.6 Å². The Kier molecular flexibility index (Phi) is 6.87. The Labute approximate surface area is 219 Å². The van der Waals surface area contributed by atoms with Gasteiger partial charge in [0.1, 0.15) is 23.0 Å². The molecule has 36 heavy (non-hydrogen) atoms. The minimum absolute atomic E-state index is 0.0247. The summed E-state index contributed by atoms with van der Waals surface area (Å²) in [5.41, 5.74) is -0.210. The highest BCUT2D eigenvalue weighted by Crippen LogP contribution is 2.29. The molecule has 1 fully saturated rings. The quantitative estimate of drug-likeness (QED) is 0.322. The molecule has 0 bridgehead atoms. The number of hydrogen-bond donors (Lipinski definition) is 1. The average molecular weight is 547 g/mol. The van der Waals surface area contributed by atoms with Crippen molar-refractivity contribution in [3.05, 3.63) is 97.8 Å². The van der Waals surface area contributed by atoms with Crippen molar-refractivity contribution in [1.82, 2.24) is 14.9 Å². The number of anilines is 1. The van der Waals surface area contributed by atoms with Gasteiger partial charge in [-0.2, -0.15) is 0 Å². The van der Waals surface area contributed by atoms with Gasteiger partial charge in [-0.15, -0.1) is 0 Å². The largest absolute Gasteiger partial charge is 0.348 e. The SMILES string of the molecule is O=C(NCc1c(Cl)cccc1Cl)c1cn(-c2ccc(F)cc2F)c2nc(N3CCCS3)ccc2c1=O. The smallest absolute Gasteiger partial charge is 0.257 e. The second-order valence-electron chi connectivity index (χ2n) is 8.05. The molecule has 0 aliphatic carbocycles. The van der Waals surface area contributed by atoms with Crippen molar-refractivity contribution in [1.29, 1.82) is 0 Å². The zero-order chi connectivity index (χ0) is 25.4. The van der Waals surface area contributed by atoms with E-state index in [1.165, 1.54) is 16.8 Å². The molecule has 1 aliphatic rings. The maximum Gasteiger partial charge on any atom is 0.257 e. The first-order valence-electron chi connectivity index (χ1n) is 11.0. The van der Waals surface area contributed by atoms with E-state index in [0.717, 1.165) is 30.9 Å². The Balaban J connectivity index is 1.62. The molecule has 5 rings (SSSR count). The number of amides is 1. The number of hydrogen-bond acceptors (Lipinski definition) is 5. The van der Waals surface area contributed by atoms with Crippen LogP contribution in [0.3, 0.4) is 0 Å². The van der Waals surface area contributed by atoms with Gasteiger partial charge in [-0.25, -0.2) is 13.8 Å². The molecule has 2 aromatic carbocycles. The highest BCUT2D eigenvalue weighted by Gasteiger charge is 2.22. The van der Waals surface area contributed by atoms with Gasteiger partial charge in [-0.3, -0.25) is 14.2 Å². The highest BCUT2D eigenvalue weighted by molar-refractivity contribution is 8.00. The zero-order valence-electron chi connectivity index (χ0n) is 18.6. The zero-order valence-corrected chi connectivity index (χ0v) is 20.9. The van der Waals surface area contributed by atoms with Crippen molar-refractivity contribution in [3.63, 3.8) is 0 Å². The predicted octanol–water partition coefficient (Wildman–Crippen LogP) is 5.76. The first-order valence-corrected chi connectivity index (χ1v) is 12.7. The number of nitrogens with one attached hydrogen (secondary N) is 1. The summed E-state index contributed by atoms with van der Waals surface area (Å²) in [6, 6.07) is 11.3. The topological polar surface area (TPSA) is 67.2 Å². The molecule has 0 radical (unpaired) electrons. The molecule has 11 heteroatoms. The third kappa shape index (κ3) is 4.66. The number of nitrogens with zero attached hydrogens (tertiary/aromatic N) is 3. The fourth-order valence-corrected chi connectivity index (χ4v) is 5.45. The van der Waals surface area contributed by atoms with Gasteiger partial charge in [0, 0.05) is 46.7 Å². The molecule has 1 N–H and O–H groups in total. The van der Waals surface area contributed by atoms with Crippen LogP contribution in [0.25, 0.3) is 16.7 Å². The van der Waals surface area contributed by atoms with Crippen molar-refractivity contribution in [2.45, 2.75) is 13.0 Å². The molecule has 184 valence electrons. The van der Waals surface area contributed by atoms with E-state index in [0.29, 0.717) is 21.4 Å². The van der Waals surface area contributed by atoms with Crippen molar-refractivity contribution >= 4 is 57.9 Å². The summed E-state index contributed by atoms with van der Waals surface area (Å²) in [6.45, 7) is 0.756. The number of carbonyl (C=O) groups is 1. The van der Waals surface area contributed by atoms with E-state index in [9.17, 15) is 18.4 Å². The van der Waals surface area contributed by atoms with Crippen molar-refractivity contribution in [2.75, 3.05) is 16.6 Å². The van der Waals surface area contributed by atoms with Crippen LogP contribution in [0.2, 0.25) is 10.0 Å². The summed E-state index contributed by atoms with van der Waals surface area (Å²) in [5.74, 6) is -0.775. The second kappa shape index (κ2) is 10.1. The Morgan fingerprint density at radius 3 is 2.58 bits per heavy atom. The van der Waals surface area contributed by atoms with Gasteiger partial charge in [0.2, 0.25) is 5.43 Å². The van der Waals surface area contributed by atoms with Gasteiger partial charge in [-0.05, 0) is 54.8 Å². The van der Waals surface area contributed by atoms with Crippen LogP contribution in [0.15, 0.2) is 59.5 Å². The van der Waals surface area contributed by atoms with Gasteiger partial charge in [0.25, 0.3) is 5.91 Å². The van der Waals surface area contributed by atoms with Gasteiger partial charge in [-0.1, -0.05) is 29.3 Å². The molecule has 0 atom stereocenters. The van der Waals surface area contributed by atoms with Crippen molar-refractivity contribution in [2.24, 2.45) is 0 Å². The second-order valence-corrected chi connectivity index (χ2v) is 9.97. The standard InChI is InChI=1S/C25H18Cl2F2N4O2S/c26-18-3-1-4-19(27)16(18)12-30-25(35)17-13-32(21-7-5-14(28)11-20(21)29)24-15(23(17)34)6-8-22(31-24)33-9-2-10-36-33/h1,3-8,11,13H,2,9-10,12H2,(H,30,35). The molecule has 2 aromatic heterocycles. The molecule has 3 heterocycles. The molecule has 6 nitrogen and oxygen atoms in total. The number of aromatic nitrogens is 2. The maximum atomic E-state index is 14.8. The summed E-state index contributed by atoms with van der Waals surface area (Å²) < 4.78 is 31.8. The minimum atomic E-state index is -0.864. The van der Waals surface area contributed by atoms with E-state index < -0.39 is 23.0 Å². The van der Waals surface area contributed by atoms with Crippen LogP contribution in [-0.4, -0.2) is 27.8 Å². The van der Waals surface area contributed by atoms with E-state index in [1.807, 2.05) is 4.31 Å². The Hall–Kier alpha value is -3.14. The predicted molar refractivity (Wildman–Crippen MR) is 139 cm³/mol. The van der Waals surface area contributed by atoms with Gasteiger partial charge in [0.05, 0.1) is 11.1 Å². The molecule has 1 saturated heterocycles. The Morgan fingerprint density at radius 1 is 1.11 bits per heavy atom. The maximum absolute atomic E-state index is 14.8. The fourth-order valence-electron chi connectivity index (χ4n) is 3.95. The first kappa shape index (κ1) is 24.5. The normalized spacial score (nSPS) is 13.4. The molecule has 0 unspecified atom stereocenters. The van der Waals surface area contributed by atoms with Gasteiger partial charge < -0.3 is 9.62 Å². The van der Waals surface area contributed by atoms with Gasteiger partial charge in [0.15, 0.2) is 5.65 Å². The Morgan fingerprint density at radius 2 is 1.89 bits per heavy atom. The third-order valence-electron chi connectivity index (χ3n) is 5.75. The van der Waals surface area contributed by atoms with E-state index in [2.05, 4.69) is 10.3 Å². The summed E-state index contributed by atoms with van der Waals surface area (Å²) in [4.78, 5) is 31.1. The summed E-state index contributed by atoms with van der Waals surface area (Å²) in [6.07, 6.45) is 2.21. The lowest BCUT2D eigenvalue weighted by molar-refractivity contribution is 0.0949. The minimum Gasteiger partial charge on any atom is -0.348 e. The number of rotatable bonds is 5. The average Bonchev–Trinajstić information content (AvgIpc) is 3.39. The van der Waals surface area contributed by atoms with Gasteiger partial charge >= 0.3 is 0 Å². The van der Waals surface area contributed by atoms with Crippen LogP contribution in [-0.2, 0) is 6.54 Å². The van der Waals surface area contributed by atoms with Crippen molar-refractivity contribution < 1.29 is 13.6 Å². The van der Waals surface area contributed by atoms with E-state index in [1.54, 1.807) is 42.3 Å². The molecular weight excluding hydrogens is 529 g/mol. The molecule has 0 spiro atoms. The number of benzene rings is 2. The lowest BCUT2D eigenvalue weighted by atomic mass is 10.1. The van der Waals surface area contributed by atoms with Crippen LogP contribution in [0.1, 0.15) is 22.3 Å². The number of carbonyl (C=O) groups excluding carboxylic acids is 1. The number of halogens is 4. The third-order valence-corrected chi connectivity index (χ3v) is 7.61. The van der Waals surface area contributed by atoms with Crippen LogP contribution < -0.4 is 15.1 Å². The number of fused-ring (bicyclic) bond motifs is 1. The summed E-state index contributed by atoms with van der Waals surface area (Å²) in [7, 11) is 0. The first-order chi connectivity index (χ1) is 17.3. The molecular formula is C25H18Cl2F2N4O2S. The monoisotopic (exact) mass is 546 g/mol. The summed E-state index contributed by atoms with van der Waals surface area (Å²) in [5, 5.41) is 3.50. The van der Waals surface area contributed by atoms with E-state index in [4.69, 9.17) is 23.2 Å². The number of pyridine rings is 2. The van der Waals surface area contributed by atoms with Crippen LogP contribution in [0, 0.1) is 11.6 Å². The molecule has 4 aromatic rings. The fraction of sp³-hybridized carbons (Fsp3) is 0.160. The lowest BCUT2D eigenvalue weighted by Crippen LogP contribution is -2.30. The molecule has 1 aliphatic heterocycles. The van der Waals surface area contributed by atoms with E-state index >= 15 is 0 Å². The lowest BCUT2D eigenvalue weighted by Gasteiger charge is -2.18. The summed E-state index contributed by atoms with van der Waals surface area (Å²) >= 11 is 14.0. The molecule has 0 saturated carbocycles. The van der Waals surface area contributed by atoms with Crippen LogP contribution in [0.5, 0.6) is 0 Å². The van der Waals surface area contributed by atoms with E-state index in [-0.39, 0.29) is 28.8 Å².